The summed E-state index contributed by atoms with van der Waals surface area (Å²) in [5, 5.41) is 0. The number of nitrogens with two attached hydrogens (primary N) is 1. The molecule has 94 valence electrons. The highest BCUT2D eigenvalue weighted by atomic mass is 32.2. The Balaban J connectivity index is 2.02. The Morgan fingerprint density at radius 1 is 1.47 bits per heavy atom. The van der Waals surface area contributed by atoms with Crippen molar-refractivity contribution in [1.29, 1.82) is 0 Å². The van der Waals surface area contributed by atoms with E-state index in [0.717, 1.165) is 12.6 Å². The fraction of sp³-hybridized carbons (Fsp3) is 0.571. The maximum Gasteiger partial charge on any atom is 0.0236 e. The van der Waals surface area contributed by atoms with Crippen molar-refractivity contribution in [1.82, 2.24) is 4.90 Å². The summed E-state index contributed by atoms with van der Waals surface area (Å²) in [7, 11) is 2.24. The molecule has 3 heteroatoms. The smallest absolute Gasteiger partial charge is 0.0236 e. The van der Waals surface area contributed by atoms with E-state index in [0.29, 0.717) is 6.54 Å². The van der Waals surface area contributed by atoms with Crippen molar-refractivity contribution in [3.63, 3.8) is 0 Å². The molecule has 1 aliphatic rings. The standard InChI is InChI=1S/C14H22N2S/c1-11-7-12(8-15)3-4-13(11)9-16(2)14-5-6-17-10-14/h3-4,7,14H,5-6,8-10,15H2,1-2H3. The summed E-state index contributed by atoms with van der Waals surface area (Å²) in [5.41, 5.74) is 9.68. The lowest BCUT2D eigenvalue weighted by Crippen LogP contribution is -2.31. The van der Waals surface area contributed by atoms with Crippen molar-refractivity contribution in [2.24, 2.45) is 5.73 Å². The van der Waals surface area contributed by atoms with Crippen molar-refractivity contribution in [2.75, 3.05) is 18.6 Å². The van der Waals surface area contributed by atoms with Crippen LogP contribution < -0.4 is 5.73 Å². The summed E-state index contributed by atoms with van der Waals surface area (Å²) in [5.74, 6) is 2.61. The maximum absolute atomic E-state index is 5.66. The number of hydrogen-bond acceptors (Lipinski definition) is 3. The molecule has 0 bridgehead atoms. The molecule has 0 aromatic heterocycles. The molecule has 1 aromatic carbocycles. The molecule has 0 amide bonds. The van der Waals surface area contributed by atoms with Crippen LogP contribution in [0, 0.1) is 6.92 Å². The van der Waals surface area contributed by atoms with E-state index < -0.39 is 0 Å². The van der Waals surface area contributed by atoms with E-state index in [1.807, 2.05) is 0 Å². The van der Waals surface area contributed by atoms with Crippen LogP contribution in [-0.2, 0) is 13.1 Å². The first-order valence-electron chi connectivity index (χ1n) is 6.27. The van der Waals surface area contributed by atoms with Gasteiger partial charge < -0.3 is 5.73 Å². The van der Waals surface area contributed by atoms with E-state index in [9.17, 15) is 0 Å². The minimum atomic E-state index is 0.635. The molecule has 1 aliphatic heterocycles. The summed E-state index contributed by atoms with van der Waals surface area (Å²) >= 11 is 2.07. The zero-order chi connectivity index (χ0) is 12.3. The van der Waals surface area contributed by atoms with E-state index in [-0.39, 0.29) is 0 Å². The van der Waals surface area contributed by atoms with Crippen LogP contribution in [0.15, 0.2) is 18.2 Å². The average Bonchev–Trinajstić information content (AvgIpc) is 2.85. The van der Waals surface area contributed by atoms with Crippen LogP contribution in [0.3, 0.4) is 0 Å². The fourth-order valence-electron chi connectivity index (χ4n) is 2.33. The molecular formula is C14H22N2S. The number of nitrogens with zero attached hydrogens (tertiary/aromatic N) is 1. The summed E-state index contributed by atoms with van der Waals surface area (Å²) in [6, 6.07) is 7.36. The topological polar surface area (TPSA) is 29.3 Å². The van der Waals surface area contributed by atoms with Crippen LogP contribution in [0.2, 0.25) is 0 Å². The highest BCUT2D eigenvalue weighted by molar-refractivity contribution is 7.99. The van der Waals surface area contributed by atoms with E-state index in [1.54, 1.807) is 0 Å². The van der Waals surface area contributed by atoms with Gasteiger partial charge in [-0.15, -0.1) is 0 Å². The molecule has 1 aromatic rings. The van der Waals surface area contributed by atoms with E-state index >= 15 is 0 Å². The minimum absolute atomic E-state index is 0.635. The Bertz CT molecular complexity index is 372. The molecule has 2 N–H and O–H groups in total. The van der Waals surface area contributed by atoms with Crippen molar-refractivity contribution < 1.29 is 0 Å². The molecule has 0 radical (unpaired) electrons. The van der Waals surface area contributed by atoms with Gasteiger partial charge in [-0.25, -0.2) is 0 Å². The summed E-state index contributed by atoms with van der Waals surface area (Å²) in [6.45, 7) is 3.88. The second-order valence-electron chi connectivity index (χ2n) is 4.90. The quantitative estimate of drug-likeness (QED) is 0.889. The predicted octanol–water partition coefficient (Wildman–Crippen LogP) is 2.39. The Labute approximate surface area is 109 Å². The van der Waals surface area contributed by atoms with Crippen LogP contribution in [-0.4, -0.2) is 29.5 Å². The Kier molecular flexibility index (Phi) is 4.48. The molecular weight excluding hydrogens is 228 g/mol. The third kappa shape index (κ3) is 3.24. The first-order chi connectivity index (χ1) is 8.20. The second-order valence-corrected chi connectivity index (χ2v) is 6.05. The molecule has 2 nitrogen and oxygen atoms in total. The lowest BCUT2D eigenvalue weighted by molar-refractivity contribution is 0.254. The Morgan fingerprint density at radius 3 is 2.88 bits per heavy atom. The average molecular weight is 250 g/mol. The van der Waals surface area contributed by atoms with Crippen molar-refractivity contribution >= 4 is 11.8 Å². The molecule has 1 saturated heterocycles. The number of rotatable bonds is 4. The number of benzene rings is 1. The van der Waals surface area contributed by atoms with Gasteiger partial charge in [0, 0.05) is 24.9 Å². The SMILES string of the molecule is Cc1cc(CN)ccc1CN(C)C1CCSC1. The van der Waals surface area contributed by atoms with Crippen LogP contribution >= 0.6 is 11.8 Å². The van der Waals surface area contributed by atoms with Crippen molar-refractivity contribution in [3.8, 4) is 0 Å². The Morgan fingerprint density at radius 2 is 2.29 bits per heavy atom. The fourth-order valence-corrected chi connectivity index (χ4v) is 3.63. The van der Waals surface area contributed by atoms with E-state index in [1.165, 1.54) is 34.6 Å². The third-order valence-electron chi connectivity index (χ3n) is 3.59. The first kappa shape index (κ1) is 12.9. The van der Waals surface area contributed by atoms with Crippen LogP contribution in [0.4, 0.5) is 0 Å². The van der Waals surface area contributed by atoms with Gasteiger partial charge in [-0.2, -0.15) is 11.8 Å². The second kappa shape index (κ2) is 5.89. The molecule has 1 atom stereocenters. The van der Waals surface area contributed by atoms with Gasteiger partial charge in [-0.1, -0.05) is 18.2 Å². The normalized spacial score (nSPS) is 20.1. The number of aryl methyl sites for hydroxylation is 1. The van der Waals surface area contributed by atoms with Gasteiger partial charge >= 0.3 is 0 Å². The minimum Gasteiger partial charge on any atom is -0.326 e. The van der Waals surface area contributed by atoms with Gasteiger partial charge in [0.05, 0.1) is 0 Å². The van der Waals surface area contributed by atoms with Crippen LogP contribution in [0.1, 0.15) is 23.1 Å². The summed E-state index contributed by atoms with van der Waals surface area (Å²) in [6.07, 6.45) is 1.33. The first-order valence-corrected chi connectivity index (χ1v) is 7.42. The van der Waals surface area contributed by atoms with Crippen molar-refractivity contribution in [3.05, 3.63) is 34.9 Å². The molecule has 2 rings (SSSR count). The lowest BCUT2D eigenvalue weighted by atomic mass is 10.0. The monoisotopic (exact) mass is 250 g/mol. The number of thioether (sulfide) groups is 1. The van der Waals surface area contributed by atoms with E-state index in [4.69, 9.17) is 5.73 Å². The summed E-state index contributed by atoms with van der Waals surface area (Å²) in [4.78, 5) is 2.49. The molecule has 1 fully saturated rings. The van der Waals surface area contributed by atoms with Crippen LogP contribution in [0.25, 0.3) is 0 Å². The molecule has 0 spiro atoms. The summed E-state index contributed by atoms with van der Waals surface area (Å²) < 4.78 is 0. The zero-order valence-corrected chi connectivity index (χ0v) is 11.6. The zero-order valence-electron chi connectivity index (χ0n) is 10.8. The Hall–Kier alpha value is -0.510. The van der Waals surface area contributed by atoms with Crippen LogP contribution in [0.5, 0.6) is 0 Å². The van der Waals surface area contributed by atoms with Gasteiger partial charge in [0.1, 0.15) is 0 Å². The lowest BCUT2D eigenvalue weighted by Gasteiger charge is -2.24. The molecule has 0 saturated carbocycles. The van der Waals surface area contributed by atoms with Gasteiger partial charge in [0.2, 0.25) is 0 Å². The third-order valence-corrected chi connectivity index (χ3v) is 4.74. The largest absolute Gasteiger partial charge is 0.326 e. The highest BCUT2D eigenvalue weighted by Gasteiger charge is 2.20. The molecule has 1 heterocycles. The van der Waals surface area contributed by atoms with Gasteiger partial charge in [0.25, 0.3) is 0 Å². The number of hydrogen-bond donors (Lipinski definition) is 1. The maximum atomic E-state index is 5.66. The van der Waals surface area contributed by atoms with Gasteiger partial charge in [-0.05, 0) is 42.8 Å². The molecule has 17 heavy (non-hydrogen) atoms. The molecule has 0 aliphatic carbocycles. The highest BCUT2D eigenvalue weighted by Crippen LogP contribution is 2.23. The van der Waals surface area contributed by atoms with Gasteiger partial charge in [0.15, 0.2) is 0 Å². The van der Waals surface area contributed by atoms with E-state index in [2.05, 4.69) is 48.8 Å². The predicted molar refractivity (Wildman–Crippen MR) is 76.3 cm³/mol. The van der Waals surface area contributed by atoms with Gasteiger partial charge in [-0.3, -0.25) is 4.90 Å². The van der Waals surface area contributed by atoms with Crippen molar-refractivity contribution in [2.45, 2.75) is 32.5 Å². The molecule has 1 unspecified atom stereocenters.